The van der Waals surface area contributed by atoms with Crippen molar-refractivity contribution in [3.05, 3.63) is 166 Å². The molecule has 1 aliphatic rings. The minimum absolute atomic E-state index is 0.0336. The van der Waals surface area contributed by atoms with E-state index in [9.17, 15) is 48.3 Å². The molecule has 0 unspecified atom stereocenters. The molecular weight excluding hydrogens is 1370 g/mol. The molecule has 105 heavy (non-hydrogen) atoms. The normalized spacial score (nSPS) is 15.3. The molecule has 10 atom stereocenters. The highest BCUT2D eigenvalue weighted by atomic mass is 35.5. The number of nitrogens with one attached hydrogen (secondary N) is 9. The zero-order valence-electron chi connectivity index (χ0n) is 60.2. The predicted molar refractivity (Wildman–Crippen MR) is 398 cm³/mol. The molecule has 6 aromatic rings. The van der Waals surface area contributed by atoms with Crippen LogP contribution >= 0.6 is 11.6 Å². The monoisotopic (exact) mass is 1460 g/mol. The van der Waals surface area contributed by atoms with Crippen LogP contribution in [-0.4, -0.2) is 186 Å². The number of carbonyl (C=O) groups excluding carboxylic acids is 11. The molecule has 0 aliphatic carbocycles. The first-order valence-electron chi connectivity index (χ1n) is 35.0. The highest BCUT2D eigenvalue weighted by molar-refractivity contribution is 6.30. The average molecular weight is 1470 g/mol. The Morgan fingerprint density at radius 1 is 0.552 bits per heavy atom. The van der Waals surface area contributed by atoms with Crippen molar-refractivity contribution in [2.45, 2.75) is 159 Å². The standard InChI is InChI=1S/C76H98ClN15O13/c1-44(2)35-58(68(96)84-57(15-10-11-33-91(5)6)76(104)92-34-12-16-65(92)75(103)82-45(3)67(80)95)85-70(98)61(38-48-20-28-55(78)29-21-48)87-72(100)62(39-49-22-30-56(79)31-23-49)89-74(102)64(43-93)90-73(101)63(41-51-24-32-66(105-7)81-42-51)88-71(99)60(37-47-18-26-54(77)27-19-47)86-69(97)59(83-46(4)94)40-50-17-25-52-13-8-9-14-53(52)36-50/h8-9,13-14,17-32,36,42,44-45,57-65,93H,10-12,15-16,33-35,37-41,43,78-79H2,1-7H3,(H2,80,95)(H,82,103)(H,83,94)(H,84,96)(H,85,98)(H,86,97)(H,87,100)(H,88,99)(H,89,102)(H,90,101)/t45-,57+,58+,59-,60-,61-,62+,63-,64+,65+/m1/s1. The van der Waals surface area contributed by atoms with Crippen LogP contribution in [-0.2, 0) is 84.8 Å². The van der Waals surface area contributed by atoms with Crippen molar-refractivity contribution >= 4 is 98.7 Å². The number of fused-ring (bicyclic) bond motifs is 1. The molecule has 11 amide bonds. The first-order chi connectivity index (χ1) is 50.1. The van der Waals surface area contributed by atoms with Crippen LogP contribution in [0.5, 0.6) is 5.88 Å². The number of hydrogen-bond donors (Lipinski definition) is 13. The summed E-state index contributed by atoms with van der Waals surface area (Å²) in [7, 11) is 5.22. The van der Waals surface area contributed by atoms with Crippen LogP contribution in [0.3, 0.4) is 0 Å². The topological polar surface area (TPSA) is 423 Å². The van der Waals surface area contributed by atoms with Crippen molar-refractivity contribution in [3.8, 4) is 5.88 Å². The van der Waals surface area contributed by atoms with E-state index in [1.165, 1.54) is 38.1 Å². The molecular formula is C76H98ClN15O13. The van der Waals surface area contributed by atoms with Gasteiger partial charge in [-0.05, 0) is 147 Å². The van der Waals surface area contributed by atoms with Crippen molar-refractivity contribution in [3.63, 3.8) is 0 Å². The van der Waals surface area contributed by atoms with Crippen LogP contribution in [0.25, 0.3) is 10.8 Å². The summed E-state index contributed by atoms with van der Waals surface area (Å²) in [4.78, 5) is 164. The number of aliphatic hydroxyl groups excluding tert-OH is 1. The van der Waals surface area contributed by atoms with Crippen LogP contribution in [0.1, 0.15) is 94.0 Å². The Bertz CT molecular complexity index is 3980. The summed E-state index contributed by atoms with van der Waals surface area (Å²) < 4.78 is 5.26. The number of unbranched alkanes of at least 4 members (excludes halogenated alkanes) is 1. The van der Waals surface area contributed by atoms with Crippen LogP contribution in [0, 0.1) is 5.92 Å². The fraction of sp³-hybridized carbons (Fsp3) is 0.421. The van der Waals surface area contributed by atoms with Gasteiger partial charge in [-0.2, -0.15) is 0 Å². The number of likely N-dealkylation sites (tertiary alicyclic amines) is 1. The lowest BCUT2D eigenvalue weighted by Gasteiger charge is -2.31. The largest absolute Gasteiger partial charge is 0.481 e. The zero-order chi connectivity index (χ0) is 76.4. The Kier molecular flexibility index (Phi) is 30.9. The molecule has 1 aromatic heterocycles. The number of rotatable bonds is 38. The summed E-state index contributed by atoms with van der Waals surface area (Å²) >= 11 is 6.26. The van der Waals surface area contributed by atoms with Gasteiger partial charge in [0.25, 0.3) is 0 Å². The summed E-state index contributed by atoms with van der Waals surface area (Å²) in [5.74, 6) is -8.54. The lowest BCUT2D eigenvalue weighted by molar-refractivity contribution is -0.142. The molecule has 562 valence electrons. The van der Waals surface area contributed by atoms with E-state index >= 15 is 9.59 Å². The molecule has 2 heterocycles. The maximum absolute atomic E-state index is 15.1. The Balaban J connectivity index is 1.15. The maximum Gasteiger partial charge on any atom is 0.245 e. The number of halogens is 1. The molecule has 0 radical (unpaired) electrons. The van der Waals surface area contributed by atoms with E-state index in [0.717, 1.165) is 10.8 Å². The molecule has 29 heteroatoms. The molecule has 1 aliphatic heterocycles. The van der Waals surface area contributed by atoms with Gasteiger partial charge < -0.3 is 84.7 Å². The van der Waals surface area contributed by atoms with Gasteiger partial charge in [0.2, 0.25) is 70.9 Å². The summed E-state index contributed by atoms with van der Waals surface area (Å²) in [6.07, 6.45) is 2.72. The Morgan fingerprint density at radius 2 is 0.990 bits per heavy atom. The first-order valence-corrected chi connectivity index (χ1v) is 35.4. The number of aliphatic hydroxyl groups is 1. The number of aromatic nitrogens is 1. The summed E-state index contributed by atoms with van der Waals surface area (Å²) in [6.45, 7) is 6.17. The third-order valence-corrected chi connectivity index (χ3v) is 18.1. The smallest absolute Gasteiger partial charge is 0.245 e. The van der Waals surface area contributed by atoms with Crippen molar-refractivity contribution < 1.29 is 62.6 Å². The highest BCUT2D eigenvalue weighted by Crippen LogP contribution is 2.23. The number of benzene rings is 5. The summed E-state index contributed by atoms with van der Waals surface area (Å²) in [6, 6.07) is 22.2. The number of nitrogens with zero attached hydrogens (tertiary/aromatic N) is 3. The number of nitrogen functional groups attached to an aromatic ring is 2. The molecule has 5 aromatic carbocycles. The van der Waals surface area contributed by atoms with Gasteiger partial charge in [-0.15, -0.1) is 0 Å². The van der Waals surface area contributed by atoms with Gasteiger partial charge in [0.05, 0.1) is 13.7 Å². The van der Waals surface area contributed by atoms with E-state index in [-0.39, 0.29) is 63.3 Å². The van der Waals surface area contributed by atoms with Crippen molar-refractivity contribution in [2.24, 2.45) is 11.7 Å². The number of amides is 11. The SMILES string of the molecule is COc1ccc(C[C@@H](NC(=O)[C@@H](Cc2ccc(Cl)cc2)NC(=O)[C@@H](Cc2ccc3ccccc3c2)NC(C)=O)C(=O)N[C@@H](CO)C(=O)N[C@@H](Cc2ccc(N)cc2)C(=O)N[C@H](Cc2ccc(N)cc2)C(=O)N[C@@H](CC(C)C)C(=O)N[C@@H](CCCCN(C)C)C(=O)N2CCC[C@H]2C(=O)N[C@H](C)C(N)=O)cn1. The van der Waals surface area contributed by atoms with E-state index in [1.807, 2.05) is 75.3 Å². The lowest BCUT2D eigenvalue weighted by Crippen LogP contribution is -2.62. The minimum Gasteiger partial charge on any atom is -0.481 e. The van der Waals surface area contributed by atoms with Gasteiger partial charge in [-0.25, -0.2) is 4.98 Å². The van der Waals surface area contributed by atoms with E-state index in [2.05, 4.69) is 52.8 Å². The second-order valence-corrected chi connectivity index (χ2v) is 27.6. The molecule has 28 nitrogen and oxygen atoms in total. The van der Waals surface area contributed by atoms with Crippen molar-refractivity contribution in [1.29, 1.82) is 0 Å². The van der Waals surface area contributed by atoms with E-state index in [1.54, 1.807) is 78.9 Å². The van der Waals surface area contributed by atoms with Gasteiger partial charge in [0.1, 0.15) is 60.4 Å². The second-order valence-electron chi connectivity index (χ2n) is 27.1. The molecule has 1 fully saturated rings. The number of hydrogen-bond acceptors (Lipinski definition) is 17. The number of methoxy groups -OCH3 is 1. The van der Waals surface area contributed by atoms with E-state index in [4.69, 9.17) is 33.5 Å². The number of carbonyl (C=O) groups is 11. The molecule has 7 rings (SSSR count). The minimum atomic E-state index is -1.82. The first kappa shape index (κ1) is 81.6. The predicted octanol–water partition coefficient (Wildman–Crippen LogP) is 2.22. The third kappa shape index (κ3) is 25.6. The Labute approximate surface area is 616 Å². The average Bonchev–Trinajstić information content (AvgIpc) is 1.77. The van der Waals surface area contributed by atoms with Gasteiger partial charge in [0.15, 0.2) is 0 Å². The maximum atomic E-state index is 15.1. The fourth-order valence-electron chi connectivity index (χ4n) is 12.1. The fourth-order valence-corrected chi connectivity index (χ4v) is 12.3. The number of nitrogens with two attached hydrogens (primary N) is 3. The van der Waals surface area contributed by atoms with Gasteiger partial charge in [-0.1, -0.05) is 110 Å². The van der Waals surface area contributed by atoms with Gasteiger partial charge >= 0.3 is 0 Å². The van der Waals surface area contributed by atoms with Crippen LogP contribution in [0.4, 0.5) is 11.4 Å². The van der Waals surface area contributed by atoms with Crippen LogP contribution in [0.2, 0.25) is 5.02 Å². The van der Waals surface area contributed by atoms with Crippen LogP contribution < -0.4 is 69.8 Å². The van der Waals surface area contributed by atoms with Crippen molar-refractivity contribution in [2.75, 3.05) is 52.4 Å². The summed E-state index contributed by atoms with van der Waals surface area (Å²) in [5.41, 5.74) is 21.0. The second kappa shape index (κ2) is 39.8. The summed E-state index contributed by atoms with van der Waals surface area (Å²) in [5, 5.41) is 37.8. The van der Waals surface area contributed by atoms with Gasteiger partial charge in [0, 0.05) is 74.2 Å². The number of primary amides is 1. The molecule has 1 saturated heterocycles. The molecule has 16 N–H and O–H groups in total. The zero-order valence-corrected chi connectivity index (χ0v) is 61.0. The highest BCUT2D eigenvalue weighted by Gasteiger charge is 2.40. The number of anilines is 2. The molecule has 0 bridgehead atoms. The quantitative estimate of drug-likeness (QED) is 0.0195. The molecule has 0 saturated carbocycles. The lowest BCUT2D eigenvalue weighted by atomic mass is 9.99. The van der Waals surface area contributed by atoms with E-state index in [0.29, 0.717) is 76.4 Å². The van der Waals surface area contributed by atoms with Gasteiger partial charge in [-0.3, -0.25) is 52.7 Å². The van der Waals surface area contributed by atoms with Crippen molar-refractivity contribution in [1.82, 2.24) is 62.6 Å². The Hall–Kier alpha value is -10.7. The number of pyridine rings is 1. The van der Waals surface area contributed by atoms with Crippen LogP contribution in [0.15, 0.2) is 134 Å². The Morgan fingerprint density at radius 3 is 1.47 bits per heavy atom. The molecule has 0 spiro atoms. The third-order valence-electron chi connectivity index (χ3n) is 17.9. The van der Waals surface area contributed by atoms with E-state index < -0.39 is 132 Å². The number of ether oxygens (including phenoxy) is 1.